The first-order valence-electron chi connectivity index (χ1n) is 9.15. The van der Waals surface area contributed by atoms with Crippen LogP contribution < -0.4 is 0 Å². The maximum absolute atomic E-state index is 12.1. The van der Waals surface area contributed by atoms with Gasteiger partial charge >= 0.3 is 6.09 Å². The van der Waals surface area contributed by atoms with Crippen molar-refractivity contribution in [2.45, 2.75) is 58.5 Å². The minimum Gasteiger partial charge on any atom is -0.444 e. The summed E-state index contributed by atoms with van der Waals surface area (Å²) in [4.78, 5) is 13.9. The predicted molar refractivity (Wildman–Crippen MR) is 95.4 cm³/mol. The summed E-state index contributed by atoms with van der Waals surface area (Å²) in [5.74, 6) is 0.811. The van der Waals surface area contributed by atoms with Gasteiger partial charge in [0.05, 0.1) is 5.69 Å². The molecule has 6 heteroatoms. The molecule has 136 valence electrons. The molecule has 3 fully saturated rings. The molecule has 5 nitrogen and oxygen atoms in total. The Labute approximate surface area is 154 Å². The summed E-state index contributed by atoms with van der Waals surface area (Å²) in [5, 5.41) is 8.50. The normalized spacial score (nSPS) is 25.4. The molecule has 1 atom stereocenters. The lowest BCUT2D eigenvalue weighted by atomic mass is 9.55. The number of aryl methyl sites for hydroxylation is 1. The van der Waals surface area contributed by atoms with Crippen LogP contribution in [0, 0.1) is 16.7 Å². The van der Waals surface area contributed by atoms with Gasteiger partial charge in [0.1, 0.15) is 5.60 Å². The molecule has 0 aromatic carbocycles. The Morgan fingerprint density at radius 3 is 2.64 bits per heavy atom. The molecule has 1 unspecified atom stereocenters. The molecule has 0 bridgehead atoms. The minimum atomic E-state index is -0.410. The highest BCUT2D eigenvalue weighted by atomic mass is 35.5. The van der Waals surface area contributed by atoms with Crippen LogP contribution in [-0.2, 0) is 11.2 Å². The molecule has 1 aromatic rings. The van der Waals surface area contributed by atoms with E-state index in [1.54, 1.807) is 0 Å². The van der Waals surface area contributed by atoms with Crippen LogP contribution in [0.3, 0.4) is 0 Å². The van der Waals surface area contributed by atoms with Crippen molar-refractivity contribution in [1.29, 1.82) is 0 Å². The molecule has 3 aliphatic rings. The number of ether oxygens (including phenoxy) is 1. The van der Waals surface area contributed by atoms with Crippen LogP contribution in [0.15, 0.2) is 12.1 Å². The highest BCUT2D eigenvalue weighted by Gasteiger charge is 2.69. The SMILES string of the molecule is CC(C)(C)OC(=O)N1CC2(C1)CC1(CC1CCc1ccc(Cl)nn1)C2. The molecular weight excluding hydrogens is 338 g/mol. The fraction of sp³-hybridized carbons (Fsp3) is 0.737. The summed E-state index contributed by atoms with van der Waals surface area (Å²) in [6.45, 7) is 7.49. The Kier molecular flexibility index (Phi) is 3.80. The largest absolute Gasteiger partial charge is 0.444 e. The molecule has 1 saturated heterocycles. The first-order chi connectivity index (χ1) is 11.7. The molecule has 4 rings (SSSR count). The third-order valence-electron chi connectivity index (χ3n) is 5.95. The van der Waals surface area contributed by atoms with Gasteiger partial charge in [-0.05, 0) is 76.3 Å². The van der Waals surface area contributed by atoms with E-state index in [1.807, 2.05) is 37.8 Å². The Balaban J connectivity index is 1.20. The van der Waals surface area contributed by atoms with Gasteiger partial charge < -0.3 is 9.64 Å². The number of hydrogen-bond acceptors (Lipinski definition) is 4. The first kappa shape index (κ1) is 17.1. The van der Waals surface area contributed by atoms with Gasteiger partial charge in [0.25, 0.3) is 0 Å². The quantitative estimate of drug-likeness (QED) is 0.811. The third-order valence-corrected chi connectivity index (χ3v) is 6.15. The van der Waals surface area contributed by atoms with Crippen molar-refractivity contribution in [3.63, 3.8) is 0 Å². The van der Waals surface area contributed by atoms with Crippen molar-refractivity contribution >= 4 is 17.7 Å². The smallest absolute Gasteiger partial charge is 0.410 e. The van der Waals surface area contributed by atoms with Crippen LogP contribution in [-0.4, -0.2) is 39.9 Å². The van der Waals surface area contributed by atoms with E-state index < -0.39 is 5.60 Å². The fourth-order valence-electron chi connectivity index (χ4n) is 4.96. The van der Waals surface area contributed by atoms with Crippen LogP contribution in [0.25, 0.3) is 0 Å². The van der Waals surface area contributed by atoms with E-state index in [0.717, 1.165) is 31.1 Å². The molecule has 2 spiro atoms. The van der Waals surface area contributed by atoms with Crippen LogP contribution in [0.5, 0.6) is 0 Å². The van der Waals surface area contributed by atoms with Gasteiger partial charge in [0, 0.05) is 18.5 Å². The van der Waals surface area contributed by atoms with Crippen molar-refractivity contribution in [2.24, 2.45) is 16.7 Å². The summed E-state index contributed by atoms with van der Waals surface area (Å²) in [6.07, 6.45) is 5.89. The monoisotopic (exact) mass is 363 g/mol. The maximum Gasteiger partial charge on any atom is 0.410 e. The molecule has 1 aromatic heterocycles. The lowest BCUT2D eigenvalue weighted by molar-refractivity contribution is -0.108. The highest BCUT2D eigenvalue weighted by Crippen LogP contribution is 2.74. The minimum absolute atomic E-state index is 0.160. The molecular formula is C19H26ClN3O2. The number of carbonyl (C=O) groups excluding carboxylic acids is 1. The van der Waals surface area contributed by atoms with Gasteiger partial charge in [0.2, 0.25) is 0 Å². The van der Waals surface area contributed by atoms with Crippen molar-refractivity contribution < 1.29 is 9.53 Å². The van der Waals surface area contributed by atoms with Crippen molar-refractivity contribution in [3.05, 3.63) is 23.0 Å². The molecule has 25 heavy (non-hydrogen) atoms. The molecule has 0 radical (unpaired) electrons. The molecule has 1 amide bonds. The van der Waals surface area contributed by atoms with Gasteiger partial charge in [-0.15, -0.1) is 5.10 Å². The van der Waals surface area contributed by atoms with Gasteiger partial charge in [-0.25, -0.2) is 4.79 Å². The molecule has 0 N–H and O–H groups in total. The lowest BCUT2D eigenvalue weighted by Crippen LogP contribution is -2.65. The lowest BCUT2D eigenvalue weighted by Gasteiger charge is -2.60. The predicted octanol–water partition coefficient (Wildman–Crippen LogP) is 4.10. The number of aromatic nitrogens is 2. The molecule has 1 aliphatic heterocycles. The number of rotatable bonds is 3. The standard InChI is InChI=1S/C19H26ClN3O2/c1-17(2,3)25-16(24)23-11-18(12-23)9-19(10-18)8-13(19)4-5-14-6-7-15(20)22-21-14/h6-7,13H,4-5,8-12H2,1-3H3. The van der Waals surface area contributed by atoms with Crippen molar-refractivity contribution in [1.82, 2.24) is 15.1 Å². The average Bonchev–Trinajstić information content (AvgIpc) is 3.14. The molecule has 2 saturated carbocycles. The van der Waals surface area contributed by atoms with Crippen LogP contribution in [0.1, 0.15) is 52.1 Å². The van der Waals surface area contributed by atoms with Crippen LogP contribution in [0.4, 0.5) is 4.79 Å². The van der Waals surface area contributed by atoms with Crippen molar-refractivity contribution in [2.75, 3.05) is 13.1 Å². The van der Waals surface area contributed by atoms with Gasteiger partial charge in [-0.2, -0.15) is 5.10 Å². The van der Waals surface area contributed by atoms with E-state index in [1.165, 1.54) is 25.7 Å². The van der Waals surface area contributed by atoms with E-state index in [-0.39, 0.29) is 6.09 Å². The van der Waals surface area contributed by atoms with E-state index in [9.17, 15) is 4.79 Å². The van der Waals surface area contributed by atoms with E-state index in [0.29, 0.717) is 16.0 Å². The summed E-state index contributed by atoms with van der Waals surface area (Å²) in [5.41, 5.74) is 1.55. The molecule has 2 heterocycles. The summed E-state index contributed by atoms with van der Waals surface area (Å²) < 4.78 is 5.45. The zero-order chi connectivity index (χ0) is 17.9. The fourth-order valence-corrected chi connectivity index (χ4v) is 5.06. The van der Waals surface area contributed by atoms with Gasteiger partial charge in [0.15, 0.2) is 5.15 Å². The number of nitrogens with zero attached hydrogens (tertiary/aromatic N) is 3. The summed E-state index contributed by atoms with van der Waals surface area (Å²) in [7, 11) is 0. The van der Waals surface area contributed by atoms with E-state index in [2.05, 4.69) is 10.2 Å². The highest BCUT2D eigenvalue weighted by molar-refractivity contribution is 6.29. The Bertz CT molecular complexity index is 669. The maximum atomic E-state index is 12.1. The number of hydrogen-bond donors (Lipinski definition) is 0. The summed E-state index contributed by atoms with van der Waals surface area (Å²) >= 11 is 5.78. The van der Waals surface area contributed by atoms with Gasteiger partial charge in [-0.3, -0.25) is 0 Å². The Morgan fingerprint density at radius 1 is 1.32 bits per heavy atom. The summed E-state index contributed by atoms with van der Waals surface area (Å²) in [6, 6.07) is 3.78. The third kappa shape index (κ3) is 3.35. The van der Waals surface area contributed by atoms with Crippen LogP contribution >= 0.6 is 11.6 Å². The second-order valence-electron chi connectivity index (χ2n) is 9.34. The molecule has 2 aliphatic carbocycles. The van der Waals surface area contributed by atoms with Crippen molar-refractivity contribution in [3.8, 4) is 0 Å². The second-order valence-corrected chi connectivity index (χ2v) is 9.73. The van der Waals surface area contributed by atoms with Gasteiger partial charge in [-0.1, -0.05) is 11.6 Å². The van der Waals surface area contributed by atoms with E-state index in [4.69, 9.17) is 16.3 Å². The van der Waals surface area contributed by atoms with E-state index >= 15 is 0 Å². The van der Waals surface area contributed by atoms with Crippen LogP contribution in [0.2, 0.25) is 5.15 Å². The Morgan fingerprint density at radius 2 is 2.04 bits per heavy atom. The first-order valence-corrected chi connectivity index (χ1v) is 9.53. The topological polar surface area (TPSA) is 55.3 Å². The average molecular weight is 364 g/mol. The Hall–Kier alpha value is -1.36. The zero-order valence-corrected chi connectivity index (χ0v) is 16.0. The number of halogens is 1. The number of likely N-dealkylation sites (tertiary alicyclic amines) is 1. The number of carbonyl (C=O) groups is 1. The number of amides is 1. The zero-order valence-electron chi connectivity index (χ0n) is 15.2. The second kappa shape index (κ2) is 5.57.